The second kappa shape index (κ2) is 9.12. The minimum Gasteiger partial charge on any atom is -0.448 e. The molecule has 0 radical (unpaired) electrons. The van der Waals surface area contributed by atoms with Gasteiger partial charge in [0.15, 0.2) is 6.10 Å². The molecule has 0 fully saturated rings. The van der Waals surface area contributed by atoms with Gasteiger partial charge in [0, 0.05) is 10.4 Å². The number of hydrogen-bond donors (Lipinski definition) is 1. The second-order valence-corrected chi connectivity index (χ2v) is 8.36. The number of thiophene rings is 1. The van der Waals surface area contributed by atoms with E-state index in [-0.39, 0.29) is 5.91 Å². The van der Waals surface area contributed by atoms with Crippen molar-refractivity contribution in [1.29, 1.82) is 0 Å². The van der Waals surface area contributed by atoms with E-state index in [1.165, 1.54) is 16.9 Å². The van der Waals surface area contributed by atoms with Crippen LogP contribution in [0, 0.1) is 6.92 Å². The fourth-order valence-corrected chi connectivity index (χ4v) is 4.19. The van der Waals surface area contributed by atoms with E-state index in [1.807, 2.05) is 29.6 Å². The molecule has 3 aromatic rings. The lowest BCUT2D eigenvalue weighted by Crippen LogP contribution is -2.35. The van der Waals surface area contributed by atoms with Crippen LogP contribution >= 0.6 is 22.7 Å². The zero-order valence-electron chi connectivity index (χ0n) is 16.0. The van der Waals surface area contributed by atoms with Crippen molar-refractivity contribution >= 4 is 34.6 Å². The van der Waals surface area contributed by atoms with Gasteiger partial charge in [-0.15, -0.1) is 22.7 Å². The minimum absolute atomic E-state index is 0.320. The molecule has 2 aromatic heterocycles. The number of esters is 1. The van der Waals surface area contributed by atoms with E-state index in [1.54, 1.807) is 25.2 Å². The van der Waals surface area contributed by atoms with Gasteiger partial charge in [-0.05, 0) is 37.3 Å². The summed E-state index contributed by atoms with van der Waals surface area (Å²) >= 11 is 2.85. The van der Waals surface area contributed by atoms with Crippen LogP contribution in [0.4, 0.5) is 0 Å². The molecule has 1 atom stereocenters. The number of benzene rings is 1. The van der Waals surface area contributed by atoms with Gasteiger partial charge in [-0.25, -0.2) is 9.78 Å². The lowest BCUT2D eigenvalue weighted by molar-refractivity contribution is -0.129. The van der Waals surface area contributed by atoms with E-state index >= 15 is 0 Å². The van der Waals surface area contributed by atoms with E-state index in [4.69, 9.17) is 4.74 Å². The van der Waals surface area contributed by atoms with Gasteiger partial charge in [0.25, 0.3) is 5.91 Å². The number of ether oxygens (including phenoxy) is 1. The molecule has 0 aliphatic rings. The molecular formula is C21H22N2O3S2. The first-order valence-electron chi connectivity index (χ1n) is 9.05. The van der Waals surface area contributed by atoms with E-state index in [0.29, 0.717) is 17.1 Å². The van der Waals surface area contributed by atoms with Crippen molar-refractivity contribution in [2.45, 2.75) is 39.8 Å². The zero-order chi connectivity index (χ0) is 20.1. The van der Waals surface area contributed by atoms with E-state index < -0.39 is 12.1 Å². The lowest BCUT2D eigenvalue weighted by atomic mass is 10.1. The molecule has 7 heteroatoms. The summed E-state index contributed by atoms with van der Waals surface area (Å²) in [6.45, 7) is 5.88. The molecule has 0 aliphatic carbocycles. The average molecular weight is 415 g/mol. The van der Waals surface area contributed by atoms with Gasteiger partial charge in [-0.1, -0.05) is 37.3 Å². The summed E-state index contributed by atoms with van der Waals surface area (Å²) in [5.41, 5.74) is 2.82. The number of nitrogens with one attached hydrogen (secondary N) is 1. The number of nitrogens with zero attached hydrogens (tertiary/aromatic N) is 1. The minimum atomic E-state index is -0.874. The number of carbonyl (C=O) groups is 2. The highest BCUT2D eigenvalue weighted by molar-refractivity contribution is 7.17. The number of aromatic nitrogens is 1. The monoisotopic (exact) mass is 414 g/mol. The number of thiazole rings is 1. The Hall–Kier alpha value is -2.51. The van der Waals surface area contributed by atoms with Crippen molar-refractivity contribution in [3.8, 4) is 10.6 Å². The highest BCUT2D eigenvalue weighted by Gasteiger charge is 2.23. The molecule has 0 bridgehead atoms. The number of aryl methyl sites for hydroxylation is 2. The largest absolute Gasteiger partial charge is 0.448 e. The Morgan fingerprint density at radius 3 is 2.61 bits per heavy atom. The third-order valence-electron chi connectivity index (χ3n) is 4.26. The van der Waals surface area contributed by atoms with Gasteiger partial charge >= 0.3 is 5.97 Å². The highest BCUT2D eigenvalue weighted by atomic mass is 32.1. The van der Waals surface area contributed by atoms with Crippen molar-refractivity contribution in [1.82, 2.24) is 10.3 Å². The van der Waals surface area contributed by atoms with Crippen LogP contribution in [-0.4, -0.2) is 23.0 Å². The van der Waals surface area contributed by atoms with Crippen LogP contribution in [0.5, 0.6) is 0 Å². The van der Waals surface area contributed by atoms with Crippen LogP contribution in [0.3, 0.4) is 0 Å². The number of amides is 1. The first-order chi connectivity index (χ1) is 13.5. The molecule has 0 unspecified atom stereocenters. The summed E-state index contributed by atoms with van der Waals surface area (Å²) in [6.07, 6.45) is 0.0996. The molecular weight excluding hydrogens is 392 g/mol. The summed E-state index contributed by atoms with van der Waals surface area (Å²) in [6, 6.07) is 12.0. The van der Waals surface area contributed by atoms with Gasteiger partial charge in [-0.3, -0.25) is 4.79 Å². The molecule has 0 saturated carbocycles. The molecule has 0 aliphatic heterocycles. The van der Waals surface area contributed by atoms with Gasteiger partial charge < -0.3 is 10.1 Å². The molecule has 5 nitrogen and oxygen atoms in total. The quantitative estimate of drug-likeness (QED) is 0.574. The van der Waals surface area contributed by atoms with Crippen molar-refractivity contribution in [2.75, 3.05) is 0 Å². The van der Waals surface area contributed by atoms with Crippen molar-refractivity contribution < 1.29 is 14.3 Å². The molecule has 146 valence electrons. The summed E-state index contributed by atoms with van der Waals surface area (Å²) in [5.74, 6) is -0.843. The summed E-state index contributed by atoms with van der Waals surface area (Å²) < 4.78 is 5.36. The molecule has 3 rings (SSSR count). The highest BCUT2D eigenvalue weighted by Crippen LogP contribution is 2.29. The Labute approximate surface area is 172 Å². The normalized spacial score (nSPS) is 11.8. The smallest absolute Gasteiger partial charge is 0.351 e. The molecule has 1 aromatic carbocycles. The Morgan fingerprint density at radius 1 is 1.21 bits per heavy atom. The SMILES string of the molecule is CCc1ccc(-c2nc(C)c(C(=O)O[C@H](C)C(=O)NCc3cccs3)s2)cc1. The van der Waals surface area contributed by atoms with Crippen LogP contribution in [0.2, 0.25) is 0 Å². The van der Waals surface area contributed by atoms with Crippen LogP contribution in [0.15, 0.2) is 41.8 Å². The Kier molecular flexibility index (Phi) is 6.59. The van der Waals surface area contributed by atoms with Crippen LogP contribution in [-0.2, 0) is 22.5 Å². The molecule has 0 saturated heterocycles. The number of rotatable bonds is 7. The third-order valence-corrected chi connectivity index (χ3v) is 6.32. The summed E-state index contributed by atoms with van der Waals surface area (Å²) in [7, 11) is 0. The van der Waals surface area contributed by atoms with Gasteiger partial charge in [-0.2, -0.15) is 0 Å². The van der Waals surface area contributed by atoms with Crippen molar-refractivity contribution in [3.63, 3.8) is 0 Å². The lowest BCUT2D eigenvalue weighted by Gasteiger charge is -2.12. The van der Waals surface area contributed by atoms with E-state index in [9.17, 15) is 9.59 Å². The maximum atomic E-state index is 12.5. The third kappa shape index (κ3) is 4.85. The topological polar surface area (TPSA) is 68.3 Å². The maximum Gasteiger partial charge on any atom is 0.351 e. The maximum absolute atomic E-state index is 12.5. The first-order valence-corrected chi connectivity index (χ1v) is 10.8. The van der Waals surface area contributed by atoms with Crippen molar-refractivity contribution in [2.24, 2.45) is 0 Å². The standard InChI is InChI=1S/C21H22N2O3S2/c1-4-15-7-9-16(10-8-15)20-23-13(2)18(28-20)21(25)26-14(3)19(24)22-12-17-6-5-11-27-17/h5-11,14H,4,12H2,1-3H3,(H,22,24)/t14-/m1/s1. The van der Waals surface area contributed by atoms with Crippen LogP contribution in [0.1, 0.15) is 39.7 Å². The van der Waals surface area contributed by atoms with E-state index in [2.05, 4.69) is 29.4 Å². The molecule has 1 amide bonds. The number of hydrogen-bond acceptors (Lipinski definition) is 6. The van der Waals surface area contributed by atoms with Crippen LogP contribution in [0.25, 0.3) is 10.6 Å². The van der Waals surface area contributed by atoms with Gasteiger partial charge in [0.1, 0.15) is 9.88 Å². The zero-order valence-corrected chi connectivity index (χ0v) is 17.7. The van der Waals surface area contributed by atoms with Gasteiger partial charge in [0.2, 0.25) is 0 Å². The second-order valence-electron chi connectivity index (χ2n) is 6.33. The Balaban J connectivity index is 1.63. The van der Waals surface area contributed by atoms with Crippen LogP contribution < -0.4 is 5.32 Å². The van der Waals surface area contributed by atoms with Crippen molar-refractivity contribution in [3.05, 3.63) is 62.8 Å². The molecule has 2 heterocycles. The molecule has 1 N–H and O–H groups in total. The predicted octanol–water partition coefficient (Wildman–Crippen LogP) is 4.60. The Morgan fingerprint density at radius 2 is 1.96 bits per heavy atom. The molecule has 0 spiro atoms. The summed E-state index contributed by atoms with van der Waals surface area (Å²) in [4.78, 5) is 30.7. The summed E-state index contributed by atoms with van der Waals surface area (Å²) in [5, 5.41) is 5.50. The molecule has 28 heavy (non-hydrogen) atoms. The number of carbonyl (C=O) groups excluding carboxylic acids is 2. The fraction of sp³-hybridized carbons (Fsp3) is 0.286. The average Bonchev–Trinajstić information content (AvgIpc) is 3.35. The first kappa shape index (κ1) is 20.2. The van der Waals surface area contributed by atoms with Gasteiger partial charge in [0.05, 0.1) is 12.2 Å². The Bertz CT molecular complexity index is 947. The van der Waals surface area contributed by atoms with E-state index in [0.717, 1.165) is 21.9 Å². The predicted molar refractivity (Wildman–Crippen MR) is 113 cm³/mol. The fourth-order valence-electron chi connectivity index (χ4n) is 2.59.